The Hall–Kier alpha value is -1.85. The summed E-state index contributed by atoms with van der Waals surface area (Å²) in [6.07, 6.45) is 2.29. The predicted octanol–water partition coefficient (Wildman–Crippen LogP) is 1.78. The molecule has 0 amide bonds. The van der Waals surface area contributed by atoms with E-state index in [1.165, 1.54) is 0 Å². The molecule has 1 aliphatic rings. The fourth-order valence-electron chi connectivity index (χ4n) is 1.88. The van der Waals surface area contributed by atoms with Gasteiger partial charge in [0, 0.05) is 31.7 Å². The number of esters is 1. The molecule has 0 aromatic carbocycles. The Morgan fingerprint density at radius 1 is 1.32 bits per heavy atom. The van der Waals surface area contributed by atoms with Crippen molar-refractivity contribution in [3.63, 3.8) is 0 Å². The van der Waals surface area contributed by atoms with E-state index < -0.39 is 30.7 Å². The third kappa shape index (κ3) is 3.81. The van der Waals surface area contributed by atoms with Gasteiger partial charge in [-0.3, -0.25) is 14.6 Å². The largest absolute Gasteiger partial charge is 0.457 e. The fraction of sp³-hybridized carbons (Fsp3) is 0.462. The number of ether oxygens (including phenoxy) is 1. The van der Waals surface area contributed by atoms with Crippen LogP contribution < -0.4 is 0 Å². The van der Waals surface area contributed by atoms with Crippen molar-refractivity contribution in [1.29, 1.82) is 0 Å². The molecule has 0 N–H and O–H groups in total. The highest BCUT2D eigenvalue weighted by molar-refractivity contribution is 5.84. The number of Topliss-reactive ketones (excluding diaryl/α,β-unsaturated/α-hetero) is 1. The van der Waals surface area contributed by atoms with Crippen molar-refractivity contribution in [2.45, 2.75) is 25.2 Å². The molecule has 6 heteroatoms. The summed E-state index contributed by atoms with van der Waals surface area (Å²) in [7, 11) is 0. The molecule has 0 saturated heterocycles. The number of hydrogen-bond acceptors (Lipinski definition) is 4. The molecule has 1 aromatic rings. The number of halogens is 2. The Kier molecular flexibility index (Phi) is 3.87. The molecule has 19 heavy (non-hydrogen) atoms. The molecule has 2 rings (SSSR count). The Labute approximate surface area is 108 Å². The minimum Gasteiger partial charge on any atom is -0.457 e. The van der Waals surface area contributed by atoms with E-state index in [1.807, 2.05) is 0 Å². The fourth-order valence-corrected chi connectivity index (χ4v) is 1.88. The van der Waals surface area contributed by atoms with Crippen LogP contribution in [0.4, 0.5) is 8.78 Å². The van der Waals surface area contributed by atoms with E-state index in [9.17, 15) is 18.4 Å². The maximum absolute atomic E-state index is 12.6. The van der Waals surface area contributed by atoms with Crippen LogP contribution >= 0.6 is 0 Å². The van der Waals surface area contributed by atoms with E-state index in [-0.39, 0.29) is 18.8 Å². The molecule has 1 aliphatic carbocycles. The minimum atomic E-state index is -2.76. The minimum absolute atomic E-state index is 0.136. The Morgan fingerprint density at radius 2 is 1.95 bits per heavy atom. The van der Waals surface area contributed by atoms with E-state index in [2.05, 4.69) is 4.98 Å². The number of carbonyl (C=O) groups is 2. The van der Waals surface area contributed by atoms with Crippen LogP contribution in [0.25, 0.3) is 0 Å². The third-order valence-electron chi connectivity index (χ3n) is 2.95. The summed E-state index contributed by atoms with van der Waals surface area (Å²) in [6.45, 7) is -0.372. The van der Waals surface area contributed by atoms with E-state index in [0.717, 1.165) is 5.56 Å². The molecular weight excluding hydrogens is 256 g/mol. The number of hydrogen-bond donors (Lipinski definition) is 0. The van der Waals surface area contributed by atoms with Crippen molar-refractivity contribution >= 4 is 11.8 Å². The van der Waals surface area contributed by atoms with Gasteiger partial charge in [0.05, 0.1) is 5.92 Å². The second-order valence-corrected chi connectivity index (χ2v) is 4.64. The lowest BCUT2D eigenvalue weighted by atomic mass is 9.81. The molecule has 0 spiro atoms. The number of ketones is 1. The van der Waals surface area contributed by atoms with Crippen molar-refractivity contribution < 1.29 is 23.1 Å². The molecule has 1 saturated carbocycles. The smallest absolute Gasteiger partial charge is 0.309 e. The Morgan fingerprint density at radius 3 is 2.53 bits per heavy atom. The molecule has 0 atom stereocenters. The number of pyridine rings is 1. The van der Waals surface area contributed by atoms with Crippen molar-refractivity contribution in [3.05, 3.63) is 30.1 Å². The highest BCUT2D eigenvalue weighted by Crippen LogP contribution is 2.42. The molecule has 0 aliphatic heterocycles. The Bertz CT molecular complexity index is 468. The standard InChI is InChI=1S/C13H13F2NO3/c14-13(15)6-10(7-13)12(18)19-8-11(17)5-9-1-3-16-4-2-9/h1-4,10H,5-8H2. The van der Waals surface area contributed by atoms with Crippen LogP contribution in [0.15, 0.2) is 24.5 Å². The van der Waals surface area contributed by atoms with Gasteiger partial charge in [-0.2, -0.15) is 0 Å². The third-order valence-corrected chi connectivity index (χ3v) is 2.95. The molecule has 0 unspecified atom stereocenters. The van der Waals surface area contributed by atoms with Crippen LogP contribution in [0.2, 0.25) is 0 Å². The summed E-state index contributed by atoms with van der Waals surface area (Å²) >= 11 is 0. The average Bonchev–Trinajstić information content (AvgIpc) is 2.34. The molecule has 1 aromatic heterocycles. The maximum Gasteiger partial charge on any atom is 0.309 e. The second kappa shape index (κ2) is 5.42. The van der Waals surface area contributed by atoms with Crippen molar-refractivity contribution in [3.8, 4) is 0 Å². The molecule has 1 fully saturated rings. The van der Waals surface area contributed by atoms with Crippen LogP contribution in [-0.4, -0.2) is 29.3 Å². The van der Waals surface area contributed by atoms with Gasteiger partial charge in [-0.25, -0.2) is 8.78 Å². The van der Waals surface area contributed by atoms with Gasteiger partial charge >= 0.3 is 5.97 Å². The first-order valence-electron chi connectivity index (χ1n) is 5.91. The molecule has 4 nitrogen and oxygen atoms in total. The lowest BCUT2D eigenvalue weighted by molar-refractivity contribution is -0.172. The summed E-state index contributed by atoms with van der Waals surface area (Å²) in [5, 5.41) is 0. The number of aromatic nitrogens is 1. The quantitative estimate of drug-likeness (QED) is 0.765. The number of carbonyl (C=O) groups excluding carboxylic acids is 2. The van der Waals surface area contributed by atoms with Crippen LogP contribution in [0, 0.1) is 5.92 Å². The summed E-state index contributed by atoms with van der Waals surface area (Å²) < 4.78 is 29.8. The van der Waals surface area contributed by atoms with E-state index >= 15 is 0 Å². The molecule has 1 heterocycles. The zero-order chi connectivity index (χ0) is 13.9. The lowest BCUT2D eigenvalue weighted by Gasteiger charge is -2.32. The van der Waals surface area contributed by atoms with Gasteiger partial charge < -0.3 is 4.74 Å². The summed E-state index contributed by atoms with van der Waals surface area (Å²) in [6, 6.07) is 3.37. The van der Waals surface area contributed by atoms with Gasteiger partial charge in [0.1, 0.15) is 6.61 Å². The molecule has 102 valence electrons. The predicted molar refractivity (Wildman–Crippen MR) is 61.6 cm³/mol. The first-order chi connectivity index (χ1) is 8.96. The van der Waals surface area contributed by atoms with E-state index in [1.54, 1.807) is 24.5 Å². The number of alkyl halides is 2. The summed E-state index contributed by atoms with van der Waals surface area (Å²) in [5.41, 5.74) is 0.770. The van der Waals surface area contributed by atoms with Gasteiger partial charge in [-0.15, -0.1) is 0 Å². The van der Waals surface area contributed by atoms with Crippen molar-refractivity contribution in [1.82, 2.24) is 4.98 Å². The number of rotatable bonds is 5. The van der Waals surface area contributed by atoms with Crippen molar-refractivity contribution in [2.75, 3.05) is 6.61 Å². The topological polar surface area (TPSA) is 56.3 Å². The van der Waals surface area contributed by atoms with Gasteiger partial charge in [0.15, 0.2) is 5.78 Å². The summed E-state index contributed by atoms with van der Waals surface area (Å²) in [4.78, 5) is 26.7. The molecule has 0 radical (unpaired) electrons. The van der Waals surface area contributed by atoms with Gasteiger partial charge in [-0.1, -0.05) is 0 Å². The van der Waals surface area contributed by atoms with Crippen molar-refractivity contribution in [2.24, 2.45) is 5.92 Å². The highest BCUT2D eigenvalue weighted by Gasteiger charge is 2.49. The summed E-state index contributed by atoms with van der Waals surface area (Å²) in [5.74, 6) is -4.52. The number of nitrogens with zero attached hydrogens (tertiary/aromatic N) is 1. The lowest BCUT2D eigenvalue weighted by Crippen LogP contribution is -2.41. The van der Waals surface area contributed by atoms with Crippen LogP contribution in [0.5, 0.6) is 0 Å². The molecular formula is C13H13F2NO3. The first-order valence-corrected chi connectivity index (χ1v) is 5.91. The van der Waals surface area contributed by atoms with E-state index in [0.29, 0.717) is 0 Å². The zero-order valence-corrected chi connectivity index (χ0v) is 10.1. The zero-order valence-electron chi connectivity index (χ0n) is 10.1. The Balaban J connectivity index is 1.71. The first kappa shape index (κ1) is 13.6. The van der Waals surface area contributed by atoms with Gasteiger partial charge in [0.2, 0.25) is 5.92 Å². The monoisotopic (exact) mass is 269 g/mol. The highest BCUT2D eigenvalue weighted by atomic mass is 19.3. The SMILES string of the molecule is O=C(COC(=O)C1CC(F)(F)C1)Cc1ccncc1. The van der Waals surface area contributed by atoms with Gasteiger partial charge in [0.25, 0.3) is 0 Å². The normalized spacial score (nSPS) is 17.6. The van der Waals surface area contributed by atoms with Gasteiger partial charge in [-0.05, 0) is 17.7 Å². The van der Waals surface area contributed by atoms with Crippen LogP contribution in [0.3, 0.4) is 0 Å². The second-order valence-electron chi connectivity index (χ2n) is 4.64. The maximum atomic E-state index is 12.6. The molecule has 0 bridgehead atoms. The average molecular weight is 269 g/mol. The van der Waals surface area contributed by atoms with Crippen LogP contribution in [0.1, 0.15) is 18.4 Å². The van der Waals surface area contributed by atoms with Crippen LogP contribution in [-0.2, 0) is 20.7 Å². The van der Waals surface area contributed by atoms with E-state index in [4.69, 9.17) is 4.74 Å².